The van der Waals surface area contributed by atoms with Crippen LogP contribution in [-0.4, -0.2) is 119 Å². The van der Waals surface area contributed by atoms with Crippen LogP contribution in [-0.2, 0) is 44.9 Å². The summed E-state index contributed by atoms with van der Waals surface area (Å²) in [5, 5.41) is 49.4. The number of hydrogen-bond acceptors (Lipinski definition) is 12. The van der Waals surface area contributed by atoms with Gasteiger partial charge in [-0.1, -0.05) is 27.7 Å². The van der Waals surface area contributed by atoms with Gasteiger partial charge >= 0.3 is 23.9 Å². The quantitative estimate of drug-likeness (QED) is 0.0335. The van der Waals surface area contributed by atoms with Crippen LogP contribution in [0.4, 0.5) is 0 Å². The minimum Gasteiger partial charge on any atom is -0.493 e. The fraction of sp³-hybridized carbons (Fsp3) is 0.429. The lowest BCUT2D eigenvalue weighted by atomic mass is 9.88. The van der Waals surface area contributed by atoms with Gasteiger partial charge in [0.1, 0.15) is 47.2 Å². The van der Waals surface area contributed by atoms with Gasteiger partial charge in [0.15, 0.2) is 0 Å². The molecule has 20 nitrogen and oxygen atoms in total. The third-order valence-corrected chi connectivity index (χ3v) is 12.2. The van der Waals surface area contributed by atoms with Crippen molar-refractivity contribution in [1.82, 2.24) is 21.3 Å². The molecule has 1 aliphatic carbocycles. The fourth-order valence-electron chi connectivity index (χ4n) is 8.34. The summed E-state index contributed by atoms with van der Waals surface area (Å²) in [6, 6.07) is 7.13. The molecule has 76 heavy (non-hydrogen) atoms. The molecule has 4 aromatic carbocycles. The standard InChI is InChI=1S/C56H68N4O16/c1-9-13-73-45-33-17-35-23-42(50(62)58-30(6)54(67)68)25-37(46(35)74-14-10-2)19-39-27-44(52(64)60-32(8)56(71)72)28-40(48(39)76-16-12-4)20-38-26-43(51(63)59-31(7)55(69)70)24-36(47(38)75-15-11-3)18-34(45)22-41(21-33)49(61)57-29(5)53(65)66/h21-32H,9-20H2,1-8H3,(H,57,61)(H,58,62)(H,59,63)(H,60,64)(H,65,66)(H,67,68)(H,69,70)(H,71,72)/t29-,30-,31-,32-/m0/s1. The van der Waals surface area contributed by atoms with Crippen molar-refractivity contribution < 1.29 is 77.7 Å². The summed E-state index contributed by atoms with van der Waals surface area (Å²) in [6.45, 7) is 13.5. The van der Waals surface area contributed by atoms with Crippen molar-refractivity contribution in [3.63, 3.8) is 0 Å². The van der Waals surface area contributed by atoms with Crippen LogP contribution in [0.3, 0.4) is 0 Å². The van der Waals surface area contributed by atoms with Crippen molar-refractivity contribution in [3.05, 3.63) is 115 Å². The Bertz CT molecular complexity index is 2390. The maximum absolute atomic E-state index is 14.2. The number of carboxylic acid groups (broad SMARTS) is 4. The molecule has 20 heteroatoms. The zero-order valence-electron chi connectivity index (χ0n) is 44.1. The number of carbonyl (C=O) groups is 8. The zero-order valence-corrected chi connectivity index (χ0v) is 44.1. The Balaban J connectivity index is 2.04. The number of aliphatic carboxylic acids is 4. The smallest absolute Gasteiger partial charge is 0.325 e. The first-order valence-corrected chi connectivity index (χ1v) is 25.4. The van der Waals surface area contributed by atoms with E-state index in [1.165, 1.54) is 27.7 Å². The Labute approximate surface area is 440 Å². The number of ether oxygens (including phenoxy) is 4. The van der Waals surface area contributed by atoms with Gasteiger partial charge in [-0.25, -0.2) is 0 Å². The number of fused-ring (bicyclic) bond motifs is 8. The number of hydrogen-bond donors (Lipinski definition) is 8. The lowest BCUT2D eigenvalue weighted by Gasteiger charge is -2.25. The molecular formula is C56H68N4O16. The second kappa shape index (κ2) is 26.9. The summed E-state index contributed by atoms with van der Waals surface area (Å²) in [5.74, 6) is -6.93. The van der Waals surface area contributed by atoms with Crippen molar-refractivity contribution in [3.8, 4) is 23.0 Å². The molecule has 4 amide bonds. The van der Waals surface area contributed by atoms with E-state index in [-0.39, 0.29) is 74.4 Å². The maximum Gasteiger partial charge on any atom is 0.325 e. The van der Waals surface area contributed by atoms with Gasteiger partial charge in [0.05, 0.1) is 26.4 Å². The molecule has 0 saturated carbocycles. The van der Waals surface area contributed by atoms with E-state index in [1.807, 2.05) is 27.7 Å². The summed E-state index contributed by atoms with van der Waals surface area (Å²) in [7, 11) is 0. The number of benzene rings is 4. The fourth-order valence-corrected chi connectivity index (χ4v) is 8.34. The molecule has 8 N–H and O–H groups in total. The van der Waals surface area contributed by atoms with Gasteiger partial charge in [0.25, 0.3) is 23.6 Å². The number of carboxylic acids is 4. The van der Waals surface area contributed by atoms with E-state index in [2.05, 4.69) is 21.3 Å². The highest BCUT2D eigenvalue weighted by Gasteiger charge is 2.29. The van der Waals surface area contributed by atoms with Crippen LogP contribution in [0.1, 0.15) is 167 Å². The predicted molar refractivity (Wildman–Crippen MR) is 278 cm³/mol. The Hall–Kier alpha value is -8.16. The van der Waals surface area contributed by atoms with E-state index in [9.17, 15) is 58.8 Å². The first-order chi connectivity index (χ1) is 36.1. The molecule has 0 radical (unpaired) electrons. The van der Waals surface area contributed by atoms with E-state index in [0.29, 0.717) is 93.2 Å². The summed E-state index contributed by atoms with van der Waals surface area (Å²) in [4.78, 5) is 105. The highest BCUT2D eigenvalue weighted by Crippen LogP contribution is 2.41. The molecule has 4 atom stereocenters. The van der Waals surface area contributed by atoms with Crippen molar-refractivity contribution >= 4 is 47.5 Å². The molecule has 0 saturated heterocycles. The molecule has 1 aliphatic rings. The van der Waals surface area contributed by atoms with Crippen molar-refractivity contribution in [1.29, 1.82) is 0 Å². The zero-order chi connectivity index (χ0) is 56.0. The van der Waals surface area contributed by atoms with Crippen LogP contribution in [0.25, 0.3) is 0 Å². The minimum absolute atomic E-state index is 0.0274. The molecule has 0 aromatic heterocycles. The highest BCUT2D eigenvalue weighted by atomic mass is 16.5. The number of nitrogens with one attached hydrogen (secondary N) is 4. The molecule has 5 rings (SSSR count). The SMILES string of the molecule is CCCOc1c2cc(C(=O)N[C@@H](C)C(=O)O)cc1Cc1cc(C(=O)N[C@@H](C)C(=O)O)cc(c1OCCC)Cc1cc(C(=O)N[C@@H](C)C(=O)O)cc(c1OCCC)Cc1cc(C(=O)N[C@@H](C)C(=O)O)cc(c1OCCC)C2. The van der Waals surface area contributed by atoms with Crippen LogP contribution in [0.5, 0.6) is 23.0 Å². The van der Waals surface area contributed by atoms with Crippen LogP contribution in [0.15, 0.2) is 48.5 Å². The van der Waals surface area contributed by atoms with Gasteiger partial charge < -0.3 is 60.6 Å². The van der Waals surface area contributed by atoms with Crippen LogP contribution in [0, 0.1) is 0 Å². The number of amides is 4. The molecule has 0 heterocycles. The Morgan fingerprint density at radius 2 is 0.513 bits per heavy atom. The highest BCUT2D eigenvalue weighted by molar-refractivity contribution is 6.00. The average Bonchev–Trinajstić information content (AvgIpc) is 3.36. The van der Waals surface area contributed by atoms with E-state index in [1.54, 1.807) is 48.5 Å². The molecule has 0 unspecified atom stereocenters. The monoisotopic (exact) mass is 1050 g/mol. The van der Waals surface area contributed by atoms with Gasteiger partial charge in [-0.2, -0.15) is 0 Å². The molecule has 0 aliphatic heterocycles. The Kier molecular flexibility index (Phi) is 20.8. The number of carbonyl (C=O) groups excluding carboxylic acids is 4. The third-order valence-electron chi connectivity index (χ3n) is 12.2. The largest absolute Gasteiger partial charge is 0.493 e. The average molecular weight is 1050 g/mol. The van der Waals surface area contributed by atoms with Crippen molar-refractivity contribution in [2.75, 3.05) is 26.4 Å². The van der Waals surface area contributed by atoms with Gasteiger partial charge in [-0.05, 0) is 146 Å². The van der Waals surface area contributed by atoms with Gasteiger partial charge in [0, 0.05) is 47.9 Å². The van der Waals surface area contributed by atoms with E-state index < -0.39 is 71.7 Å². The molecule has 0 spiro atoms. The van der Waals surface area contributed by atoms with Crippen LogP contribution in [0.2, 0.25) is 0 Å². The van der Waals surface area contributed by atoms with Gasteiger partial charge in [0.2, 0.25) is 0 Å². The maximum atomic E-state index is 14.2. The second-order valence-electron chi connectivity index (χ2n) is 18.7. The van der Waals surface area contributed by atoms with E-state index in [4.69, 9.17) is 18.9 Å². The Morgan fingerprint density at radius 3 is 0.645 bits per heavy atom. The predicted octanol–water partition coefficient (Wildman–Crippen LogP) is 6.33. The summed E-state index contributed by atoms with van der Waals surface area (Å²) < 4.78 is 26.4. The second-order valence-corrected chi connectivity index (χ2v) is 18.7. The normalized spacial score (nSPS) is 13.4. The molecule has 4 aromatic rings. The lowest BCUT2D eigenvalue weighted by Crippen LogP contribution is -2.38. The summed E-state index contributed by atoms with van der Waals surface area (Å²) in [6.07, 6.45) is 1.70. The topological polar surface area (TPSA) is 303 Å². The minimum atomic E-state index is -1.31. The first-order valence-electron chi connectivity index (χ1n) is 25.4. The Morgan fingerprint density at radius 1 is 0.355 bits per heavy atom. The molecule has 8 bridgehead atoms. The van der Waals surface area contributed by atoms with Crippen LogP contribution < -0.4 is 40.2 Å². The summed E-state index contributed by atoms with van der Waals surface area (Å²) >= 11 is 0. The van der Waals surface area contributed by atoms with Gasteiger partial charge in [-0.3, -0.25) is 38.4 Å². The van der Waals surface area contributed by atoms with E-state index in [0.717, 1.165) is 0 Å². The third kappa shape index (κ3) is 15.0. The van der Waals surface area contributed by atoms with Crippen molar-refractivity contribution in [2.24, 2.45) is 0 Å². The van der Waals surface area contributed by atoms with Crippen molar-refractivity contribution in [2.45, 2.75) is 131 Å². The lowest BCUT2D eigenvalue weighted by molar-refractivity contribution is -0.139. The van der Waals surface area contributed by atoms with Crippen LogP contribution >= 0.6 is 0 Å². The molecular weight excluding hydrogens is 985 g/mol. The van der Waals surface area contributed by atoms with E-state index >= 15 is 0 Å². The van der Waals surface area contributed by atoms with Gasteiger partial charge in [-0.15, -0.1) is 0 Å². The molecule has 0 fully saturated rings. The summed E-state index contributed by atoms with van der Waals surface area (Å²) in [5.41, 5.74) is 3.19. The number of rotatable bonds is 24. The first kappa shape index (κ1) is 58.7. The molecule has 408 valence electrons.